The number of fused-ring (bicyclic) bond motifs is 1. The minimum Gasteiger partial charge on any atom is -0.389 e. The predicted molar refractivity (Wildman–Crippen MR) is 89.3 cm³/mol. The summed E-state index contributed by atoms with van der Waals surface area (Å²) in [5.74, 6) is 0.773. The van der Waals surface area contributed by atoms with Gasteiger partial charge in [0, 0.05) is 11.9 Å². The van der Waals surface area contributed by atoms with Crippen LogP contribution < -0.4 is 11.1 Å². The molecular weight excluding hydrogens is 268 g/mol. The highest BCUT2D eigenvalue weighted by molar-refractivity contribution is 7.80. The van der Waals surface area contributed by atoms with Crippen LogP contribution in [0, 0.1) is 0 Å². The van der Waals surface area contributed by atoms with Crippen molar-refractivity contribution in [3.63, 3.8) is 0 Å². The van der Waals surface area contributed by atoms with Gasteiger partial charge >= 0.3 is 0 Å². The quantitative estimate of drug-likeness (QED) is 0.630. The number of aromatic nitrogens is 1. The molecule has 0 unspecified atom stereocenters. The standard InChI is InChI=1S/C15H20N4S/c1-19(2)9-5-8-17-15-12(14(16)20)10-11-6-3-4-7-13(11)18-15/h3-4,6-7,10H,5,8-9H2,1-2H3,(H2,16,20)(H,17,18). The van der Waals surface area contributed by atoms with Gasteiger partial charge < -0.3 is 16.0 Å². The number of benzene rings is 1. The second-order valence-corrected chi connectivity index (χ2v) is 5.46. The zero-order valence-corrected chi connectivity index (χ0v) is 12.7. The van der Waals surface area contributed by atoms with Crippen molar-refractivity contribution < 1.29 is 0 Å². The van der Waals surface area contributed by atoms with E-state index in [9.17, 15) is 0 Å². The predicted octanol–water partition coefficient (Wildman–Crippen LogP) is 2.23. The molecule has 20 heavy (non-hydrogen) atoms. The van der Waals surface area contributed by atoms with Crippen molar-refractivity contribution in [2.24, 2.45) is 5.73 Å². The number of nitrogens with two attached hydrogens (primary N) is 1. The Morgan fingerprint density at radius 1 is 1.35 bits per heavy atom. The fourth-order valence-corrected chi connectivity index (χ4v) is 2.20. The Morgan fingerprint density at radius 3 is 2.80 bits per heavy atom. The van der Waals surface area contributed by atoms with Crippen molar-refractivity contribution in [1.82, 2.24) is 9.88 Å². The lowest BCUT2D eigenvalue weighted by atomic mass is 10.1. The largest absolute Gasteiger partial charge is 0.389 e. The van der Waals surface area contributed by atoms with Crippen molar-refractivity contribution in [3.8, 4) is 0 Å². The second-order valence-electron chi connectivity index (χ2n) is 5.03. The number of pyridine rings is 1. The molecule has 0 saturated heterocycles. The molecule has 0 aliphatic carbocycles. The zero-order chi connectivity index (χ0) is 14.5. The third-order valence-electron chi connectivity index (χ3n) is 3.06. The van der Waals surface area contributed by atoms with Gasteiger partial charge in [0.15, 0.2) is 0 Å². The van der Waals surface area contributed by atoms with Crippen LogP contribution in [0.1, 0.15) is 12.0 Å². The number of anilines is 1. The Hall–Kier alpha value is -1.72. The van der Waals surface area contributed by atoms with E-state index in [1.54, 1.807) is 0 Å². The van der Waals surface area contributed by atoms with Crippen LogP contribution in [0.5, 0.6) is 0 Å². The van der Waals surface area contributed by atoms with Gasteiger partial charge in [-0.3, -0.25) is 0 Å². The molecule has 0 aliphatic rings. The Bertz CT molecular complexity index is 610. The van der Waals surface area contributed by atoms with Crippen LogP contribution in [0.4, 0.5) is 5.82 Å². The van der Waals surface area contributed by atoms with E-state index < -0.39 is 0 Å². The van der Waals surface area contributed by atoms with Gasteiger partial charge in [-0.1, -0.05) is 30.4 Å². The molecule has 4 nitrogen and oxygen atoms in total. The van der Waals surface area contributed by atoms with E-state index in [4.69, 9.17) is 18.0 Å². The molecule has 0 spiro atoms. The fourth-order valence-electron chi connectivity index (χ4n) is 2.04. The summed E-state index contributed by atoms with van der Waals surface area (Å²) in [4.78, 5) is 7.15. The third kappa shape index (κ3) is 3.65. The number of hydrogen-bond acceptors (Lipinski definition) is 4. The molecular formula is C15H20N4S. The Kier molecular flexibility index (Phi) is 4.87. The Labute approximate surface area is 125 Å². The molecule has 0 saturated carbocycles. The van der Waals surface area contributed by atoms with Crippen LogP contribution in [-0.2, 0) is 0 Å². The number of hydrogen-bond donors (Lipinski definition) is 2. The summed E-state index contributed by atoms with van der Waals surface area (Å²) in [5.41, 5.74) is 7.56. The SMILES string of the molecule is CN(C)CCCNc1nc2ccccc2cc1C(N)=S. The molecule has 0 atom stereocenters. The third-order valence-corrected chi connectivity index (χ3v) is 3.28. The van der Waals surface area contributed by atoms with E-state index in [-0.39, 0.29) is 0 Å². The second kappa shape index (κ2) is 6.63. The van der Waals surface area contributed by atoms with Gasteiger partial charge in [-0.05, 0) is 39.2 Å². The van der Waals surface area contributed by atoms with Crippen LogP contribution in [0.2, 0.25) is 0 Å². The van der Waals surface area contributed by atoms with E-state index in [2.05, 4.69) is 29.3 Å². The topological polar surface area (TPSA) is 54.2 Å². The maximum Gasteiger partial charge on any atom is 0.136 e. The van der Waals surface area contributed by atoms with E-state index in [0.29, 0.717) is 4.99 Å². The van der Waals surface area contributed by atoms with Gasteiger partial charge in [0.25, 0.3) is 0 Å². The van der Waals surface area contributed by atoms with Gasteiger partial charge in [-0.15, -0.1) is 0 Å². The molecule has 0 aliphatic heterocycles. The van der Waals surface area contributed by atoms with Crippen LogP contribution in [-0.4, -0.2) is 42.1 Å². The molecule has 2 aromatic rings. The van der Waals surface area contributed by atoms with Crippen molar-refractivity contribution >= 4 is 33.9 Å². The van der Waals surface area contributed by atoms with Gasteiger partial charge in [-0.25, -0.2) is 4.98 Å². The van der Waals surface area contributed by atoms with Crippen LogP contribution in [0.3, 0.4) is 0 Å². The molecule has 3 N–H and O–H groups in total. The zero-order valence-electron chi connectivity index (χ0n) is 11.9. The summed E-state index contributed by atoms with van der Waals surface area (Å²) in [6.07, 6.45) is 1.04. The van der Waals surface area contributed by atoms with Crippen LogP contribution in [0.25, 0.3) is 10.9 Å². The van der Waals surface area contributed by atoms with Gasteiger partial charge in [0.05, 0.1) is 11.1 Å². The highest BCUT2D eigenvalue weighted by atomic mass is 32.1. The summed E-state index contributed by atoms with van der Waals surface area (Å²) in [5, 5.41) is 4.39. The van der Waals surface area contributed by atoms with Gasteiger partial charge in [0.2, 0.25) is 0 Å². The van der Waals surface area contributed by atoms with E-state index in [1.165, 1.54) is 0 Å². The summed E-state index contributed by atoms with van der Waals surface area (Å²) < 4.78 is 0. The first kappa shape index (κ1) is 14.7. The van der Waals surface area contributed by atoms with Crippen LogP contribution in [0.15, 0.2) is 30.3 Å². The first-order valence-corrected chi connectivity index (χ1v) is 7.07. The number of para-hydroxylation sites is 1. The molecule has 1 aromatic carbocycles. The first-order valence-electron chi connectivity index (χ1n) is 6.66. The minimum atomic E-state index is 0.373. The van der Waals surface area contributed by atoms with E-state index >= 15 is 0 Å². The summed E-state index contributed by atoms with van der Waals surface area (Å²) in [6, 6.07) is 9.96. The highest BCUT2D eigenvalue weighted by Gasteiger charge is 2.08. The lowest BCUT2D eigenvalue weighted by Gasteiger charge is -2.13. The molecule has 5 heteroatoms. The average molecular weight is 288 g/mol. The lowest BCUT2D eigenvalue weighted by Crippen LogP contribution is -2.19. The van der Waals surface area contributed by atoms with Crippen molar-refractivity contribution in [3.05, 3.63) is 35.9 Å². The molecule has 0 amide bonds. The average Bonchev–Trinajstić information content (AvgIpc) is 2.42. The normalized spacial score (nSPS) is 10.9. The summed E-state index contributed by atoms with van der Waals surface area (Å²) >= 11 is 5.12. The number of thiocarbonyl (C=S) groups is 1. The maximum absolute atomic E-state index is 5.80. The van der Waals surface area contributed by atoms with E-state index in [0.717, 1.165) is 41.8 Å². The molecule has 1 aromatic heterocycles. The van der Waals surface area contributed by atoms with Gasteiger partial charge in [0.1, 0.15) is 10.8 Å². The van der Waals surface area contributed by atoms with Crippen molar-refractivity contribution in [2.45, 2.75) is 6.42 Å². The number of nitrogens with zero attached hydrogens (tertiary/aromatic N) is 2. The first-order chi connectivity index (χ1) is 9.58. The summed E-state index contributed by atoms with van der Waals surface area (Å²) in [7, 11) is 4.13. The van der Waals surface area contributed by atoms with E-state index in [1.807, 2.05) is 30.3 Å². The Balaban J connectivity index is 2.21. The summed E-state index contributed by atoms with van der Waals surface area (Å²) in [6.45, 7) is 1.88. The number of nitrogens with one attached hydrogen (secondary N) is 1. The molecule has 2 rings (SSSR count). The molecule has 106 valence electrons. The van der Waals surface area contributed by atoms with Crippen molar-refractivity contribution in [1.29, 1.82) is 0 Å². The monoisotopic (exact) mass is 288 g/mol. The molecule has 1 heterocycles. The maximum atomic E-state index is 5.80. The smallest absolute Gasteiger partial charge is 0.136 e. The Morgan fingerprint density at radius 2 is 2.10 bits per heavy atom. The molecule has 0 fully saturated rings. The lowest BCUT2D eigenvalue weighted by molar-refractivity contribution is 0.405. The minimum absolute atomic E-state index is 0.373. The molecule has 0 bridgehead atoms. The van der Waals surface area contributed by atoms with Crippen LogP contribution >= 0.6 is 12.2 Å². The van der Waals surface area contributed by atoms with Crippen molar-refractivity contribution in [2.75, 3.05) is 32.5 Å². The highest BCUT2D eigenvalue weighted by Crippen LogP contribution is 2.20. The fraction of sp³-hybridized carbons (Fsp3) is 0.333. The number of rotatable bonds is 6. The molecule has 0 radical (unpaired) electrons. The van der Waals surface area contributed by atoms with Gasteiger partial charge in [-0.2, -0.15) is 0 Å².